The Morgan fingerprint density at radius 2 is 2.06 bits per heavy atom. The highest BCUT2D eigenvalue weighted by molar-refractivity contribution is 5.53. The first-order chi connectivity index (χ1) is 8.43. The molecule has 0 amide bonds. The third-order valence-corrected chi connectivity index (χ3v) is 2.70. The smallest absolute Gasteiger partial charge is 0.384 e. The second-order valence-electron chi connectivity index (χ2n) is 4.29. The number of halogens is 3. The van der Waals surface area contributed by atoms with E-state index in [-0.39, 0.29) is 11.5 Å². The molecule has 0 saturated heterocycles. The molecule has 0 spiro atoms. The summed E-state index contributed by atoms with van der Waals surface area (Å²) in [5, 5.41) is 7.03. The summed E-state index contributed by atoms with van der Waals surface area (Å²) < 4.78 is 39.0. The molecule has 96 valence electrons. The van der Waals surface area contributed by atoms with Crippen LogP contribution < -0.4 is 11.1 Å². The Hall–Kier alpha value is -1.99. The summed E-state index contributed by atoms with van der Waals surface area (Å²) >= 11 is 0. The van der Waals surface area contributed by atoms with Crippen molar-refractivity contribution < 1.29 is 13.2 Å². The number of rotatable bonds is 2. The van der Waals surface area contributed by atoms with Crippen molar-refractivity contribution in [3.8, 4) is 0 Å². The summed E-state index contributed by atoms with van der Waals surface area (Å²) in [5.74, 6) is 0.222. The van der Waals surface area contributed by atoms with Crippen LogP contribution in [0, 0.1) is 0 Å². The predicted octanol–water partition coefficient (Wildman–Crippen LogP) is 1.90. The van der Waals surface area contributed by atoms with E-state index in [0.717, 1.165) is 25.0 Å². The minimum Gasteiger partial charge on any atom is -0.384 e. The molecule has 0 unspecified atom stereocenters. The largest absolute Gasteiger partial charge is 0.416 e. The van der Waals surface area contributed by atoms with E-state index >= 15 is 0 Å². The summed E-state index contributed by atoms with van der Waals surface area (Å²) in [5.41, 5.74) is 4.81. The fourth-order valence-electron chi connectivity index (χ4n) is 1.64. The molecule has 2 aromatic rings. The standard InChI is InChI=1S/C10H10F3N5/c11-10(12,13)5-3-7(14)18-8(4-5)16-9(17-18)15-6-1-2-6/h3-4,6H,1-2,14H2,(H,15,17). The molecule has 3 N–H and O–H groups in total. The topological polar surface area (TPSA) is 68.2 Å². The number of anilines is 2. The highest BCUT2D eigenvalue weighted by Gasteiger charge is 2.32. The van der Waals surface area contributed by atoms with Crippen LogP contribution in [0.3, 0.4) is 0 Å². The van der Waals surface area contributed by atoms with Crippen LogP contribution in [-0.4, -0.2) is 20.6 Å². The van der Waals surface area contributed by atoms with Crippen molar-refractivity contribution in [1.82, 2.24) is 14.6 Å². The van der Waals surface area contributed by atoms with Gasteiger partial charge in [-0.1, -0.05) is 0 Å². The van der Waals surface area contributed by atoms with Gasteiger partial charge in [-0.25, -0.2) is 0 Å². The Bertz CT molecular complexity index is 599. The Morgan fingerprint density at radius 3 is 2.67 bits per heavy atom. The van der Waals surface area contributed by atoms with Gasteiger partial charge in [0.1, 0.15) is 5.82 Å². The van der Waals surface area contributed by atoms with Gasteiger partial charge in [0.25, 0.3) is 0 Å². The lowest BCUT2D eigenvalue weighted by molar-refractivity contribution is -0.137. The van der Waals surface area contributed by atoms with E-state index in [9.17, 15) is 13.2 Å². The van der Waals surface area contributed by atoms with Gasteiger partial charge in [-0.3, -0.25) is 0 Å². The van der Waals surface area contributed by atoms with Crippen molar-refractivity contribution in [2.75, 3.05) is 11.1 Å². The first kappa shape index (κ1) is 11.1. The van der Waals surface area contributed by atoms with E-state index in [4.69, 9.17) is 5.73 Å². The lowest BCUT2D eigenvalue weighted by Crippen LogP contribution is -2.08. The molecule has 0 aliphatic heterocycles. The third-order valence-electron chi connectivity index (χ3n) is 2.70. The Morgan fingerprint density at radius 1 is 1.33 bits per heavy atom. The van der Waals surface area contributed by atoms with E-state index in [1.165, 1.54) is 4.52 Å². The Balaban J connectivity index is 2.05. The Kier molecular flexibility index (Phi) is 2.16. The lowest BCUT2D eigenvalue weighted by atomic mass is 10.2. The summed E-state index contributed by atoms with van der Waals surface area (Å²) in [6.45, 7) is 0. The zero-order valence-corrected chi connectivity index (χ0v) is 9.20. The molecule has 0 aromatic carbocycles. The first-order valence-electron chi connectivity index (χ1n) is 5.43. The number of nitrogen functional groups attached to an aromatic ring is 1. The zero-order valence-electron chi connectivity index (χ0n) is 9.20. The lowest BCUT2D eigenvalue weighted by Gasteiger charge is -2.07. The molecule has 2 aromatic heterocycles. The quantitative estimate of drug-likeness (QED) is 0.862. The highest BCUT2D eigenvalue weighted by Crippen LogP contribution is 2.31. The molecular formula is C10H10F3N5. The SMILES string of the molecule is Nc1cc(C(F)(F)F)cc2nc(NC3CC3)nn12. The fourth-order valence-corrected chi connectivity index (χ4v) is 1.64. The molecule has 0 bridgehead atoms. The van der Waals surface area contributed by atoms with Crippen LogP contribution in [0.2, 0.25) is 0 Å². The molecule has 3 rings (SSSR count). The van der Waals surface area contributed by atoms with Gasteiger partial charge in [0.15, 0.2) is 5.65 Å². The summed E-state index contributed by atoms with van der Waals surface area (Å²) in [4.78, 5) is 3.99. The molecule has 1 aliphatic carbocycles. The molecular weight excluding hydrogens is 247 g/mol. The van der Waals surface area contributed by atoms with Crippen LogP contribution >= 0.6 is 0 Å². The van der Waals surface area contributed by atoms with Crippen LogP contribution in [-0.2, 0) is 6.18 Å². The number of alkyl halides is 3. The maximum absolute atomic E-state index is 12.6. The van der Waals surface area contributed by atoms with Gasteiger partial charge in [-0.2, -0.15) is 22.7 Å². The number of nitrogens with zero attached hydrogens (tertiary/aromatic N) is 3. The first-order valence-corrected chi connectivity index (χ1v) is 5.43. The molecule has 1 fully saturated rings. The van der Waals surface area contributed by atoms with Crippen molar-refractivity contribution in [2.45, 2.75) is 25.1 Å². The van der Waals surface area contributed by atoms with Crippen molar-refractivity contribution in [1.29, 1.82) is 0 Å². The second-order valence-corrected chi connectivity index (χ2v) is 4.29. The average molecular weight is 257 g/mol. The van der Waals surface area contributed by atoms with Crippen LogP contribution in [0.1, 0.15) is 18.4 Å². The minimum atomic E-state index is -4.44. The maximum atomic E-state index is 12.6. The second kappa shape index (κ2) is 3.50. The average Bonchev–Trinajstić information content (AvgIpc) is 2.95. The number of fused-ring (bicyclic) bond motifs is 1. The van der Waals surface area contributed by atoms with E-state index in [2.05, 4.69) is 15.4 Å². The summed E-state index contributed by atoms with van der Waals surface area (Å²) in [6, 6.07) is 2.11. The summed E-state index contributed by atoms with van der Waals surface area (Å²) in [6.07, 6.45) is -2.39. The van der Waals surface area contributed by atoms with Gasteiger partial charge in [0.05, 0.1) is 5.56 Å². The number of nitrogens with two attached hydrogens (primary N) is 1. The van der Waals surface area contributed by atoms with Gasteiger partial charge in [0.2, 0.25) is 5.95 Å². The van der Waals surface area contributed by atoms with Gasteiger partial charge in [-0.15, -0.1) is 5.10 Å². The fraction of sp³-hybridized carbons (Fsp3) is 0.400. The van der Waals surface area contributed by atoms with Crippen LogP contribution in [0.15, 0.2) is 12.1 Å². The molecule has 8 heteroatoms. The highest BCUT2D eigenvalue weighted by atomic mass is 19.4. The van der Waals surface area contributed by atoms with E-state index in [0.29, 0.717) is 12.0 Å². The van der Waals surface area contributed by atoms with Crippen LogP contribution in [0.25, 0.3) is 5.65 Å². The van der Waals surface area contributed by atoms with E-state index in [1.54, 1.807) is 0 Å². The van der Waals surface area contributed by atoms with Crippen molar-refractivity contribution in [3.05, 3.63) is 17.7 Å². The predicted molar refractivity (Wildman–Crippen MR) is 59.0 cm³/mol. The molecule has 5 nitrogen and oxygen atoms in total. The van der Waals surface area contributed by atoms with Crippen molar-refractivity contribution in [2.24, 2.45) is 0 Å². The number of pyridine rings is 1. The van der Waals surface area contributed by atoms with Crippen LogP contribution in [0.5, 0.6) is 0 Å². The molecule has 0 atom stereocenters. The van der Waals surface area contributed by atoms with Gasteiger partial charge in [-0.05, 0) is 25.0 Å². The van der Waals surface area contributed by atoms with Gasteiger partial charge < -0.3 is 11.1 Å². The minimum absolute atomic E-state index is 0.0869. The van der Waals surface area contributed by atoms with Gasteiger partial charge in [0, 0.05) is 6.04 Å². The molecule has 2 heterocycles. The number of aromatic nitrogens is 3. The molecule has 1 aliphatic rings. The molecule has 18 heavy (non-hydrogen) atoms. The van der Waals surface area contributed by atoms with E-state index < -0.39 is 11.7 Å². The van der Waals surface area contributed by atoms with Crippen molar-refractivity contribution >= 4 is 17.4 Å². The summed E-state index contributed by atoms with van der Waals surface area (Å²) in [7, 11) is 0. The van der Waals surface area contributed by atoms with Gasteiger partial charge >= 0.3 is 6.18 Å². The van der Waals surface area contributed by atoms with Crippen molar-refractivity contribution in [3.63, 3.8) is 0 Å². The number of hydrogen-bond acceptors (Lipinski definition) is 4. The van der Waals surface area contributed by atoms with Crippen LogP contribution in [0.4, 0.5) is 24.9 Å². The van der Waals surface area contributed by atoms with E-state index in [1.807, 2.05) is 0 Å². The molecule has 1 saturated carbocycles. The monoisotopic (exact) mass is 257 g/mol. The zero-order chi connectivity index (χ0) is 12.9. The molecule has 0 radical (unpaired) electrons. The number of hydrogen-bond donors (Lipinski definition) is 2. The maximum Gasteiger partial charge on any atom is 0.416 e. The Labute approximate surface area is 99.8 Å². The number of nitrogens with one attached hydrogen (secondary N) is 1. The third kappa shape index (κ3) is 1.93. The normalized spacial score (nSPS) is 16.2.